The van der Waals surface area contributed by atoms with Crippen LogP contribution in [-0.2, 0) is 13.1 Å². The third-order valence-electron chi connectivity index (χ3n) is 3.77. The maximum Gasteiger partial charge on any atom is 0.387 e. The van der Waals surface area contributed by atoms with Crippen LogP contribution >= 0.6 is 24.0 Å². The van der Waals surface area contributed by atoms with E-state index in [-0.39, 0.29) is 35.5 Å². The van der Waals surface area contributed by atoms with Crippen LogP contribution < -0.4 is 24.8 Å². The van der Waals surface area contributed by atoms with E-state index in [9.17, 15) is 8.78 Å². The van der Waals surface area contributed by atoms with E-state index in [1.165, 1.54) is 13.2 Å². The normalized spacial score (nSPS) is 10.9. The number of guanidine groups is 1. The monoisotopic (exact) mass is 507 g/mol. The predicted octanol–water partition coefficient (Wildman–Crippen LogP) is 3.79. The molecule has 28 heavy (non-hydrogen) atoms. The number of hydrogen-bond donors (Lipinski definition) is 2. The minimum atomic E-state index is -2.92. The minimum Gasteiger partial charge on any atom is -0.496 e. The van der Waals surface area contributed by atoms with Crippen molar-refractivity contribution < 1.29 is 23.0 Å². The van der Waals surface area contributed by atoms with Crippen LogP contribution in [0.2, 0.25) is 0 Å². The molecule has 0 saturated heterocycles. The Kier molecular flexibility index (Phi) is 10.4. The molecule has 0 unspecified atom stereocenters. The fraction of sp³-hybridized carbons (Fsp3) is 0.316. The molecule has 0 aliphatic rings. The average Bonchev–Trinajstić information content (AvgIpc) is 2.68. The van der Waals surface area contributed by atoms with E-state index < -0.39 is 6.61 Å². The van der Waals surface area contributed by atoms with Crippen molar-refractivity contribution in [3.8, 4) is 17.2 Å². The zero-order valence-electron chi connectivity index (χ0n) is 15.9. The summed E-state index contributed by atoms with van der Waals surface area (Å²) in [6.07, 6.45) is 0. The molecule has 0 aliphatic carbocycles. The summed E-state index contributed by atoms with van der Waals surface area (Å²) in [4.78, 5) is 4.16. The molecule has 0 bridgehead atoms. The standard InChI is InChI=1S/C19H23F2N3O3.HI/c1-22-19(24-12-14-6-4-5-7-15(14)25-2)23-11-13-8-9-16(26-3)17(10-13)27-18(20)21;/h4-10,18H,11-12H2,1-3H3,(H2,22,23,24);1H. The van der Waals surface area contributed by atoms with Crippen molar-refractivity contribution in [2.75, 3.05) is 21.3 Å². The Morgan fingerprint density at radius 1 is 0.964 bits per heavy atom. The SMILES string of the molecule is CN=C(NCc1ccc(OC)c(OC(F)F)c1)NCc1ccccc1OC.I. The van der Waals surface area contributed by atoms with Crippen LogP contribution in [0.3, 0.4) is 0 Å². The molecule has 0 fully saturated rings. The Bertz CT molecular complexity index is 776. The number of methoxy groups -OCH3 is 2. The Hall–Kier alpha value is -2.30. The molecule has 6 nitrogen and oxygen atoms in total. The van der Waals surface area contributed by atoms with Crippen molar-refractivity contribution >= 4 is 29.9 Å². The second kappa shape index (κ2) is 12.2. The van der Waals surface area contributed by atoms with Gasteiger partial charge in [0.2, 0.25) is 0 Å². The van der Waals surface area contributed by atoms with E-state index in [0.29, 0.717) is 19.0 Å². The van der Waals surface area contributed by atoms with Gasteiger partial charge < -0.3 is 24.8 Å². The van der Waals surface area contributed by atoms with Gasteiger partial charge in [-0.05, 0) is 23.8 Å². The van der Waals surface area contributed by atoms with Crippen LogP contribution in [0.15, 0.2) is 47.5 Å². The number of hydrogen-bond acceptors (Lipinski definition) is 4. The lowest BCUT2D eigenvalue weighted by Gasteiger charge is -2.15. The van der Waals surface area contributed by atoms with Crippen molar-refractivity contribution in [2.45, 2.75) is 19.7 Å². The zero-order valence-corrected chi connectivity index (χ0v) is 18.2. The van der Waals surface area contributed by atoms with E-state index in [1.54, 1.807) is 26.3 Å². The number of aliphatic imine (C=N–C) groups is 1. The summed E-state index contributed by atoms with van der Waals surface area (Å²) in [5, 5.41) is 6.31. The number of benzene rings is 2. The first-order valence-corrected chi connectivity index (χ1v) is 8.25. The summed E-state index contributed by atoms with van der Waals surface area (Å²) in [5.74, 6) is 1.58. The highest BCUT2D eigenvalue weighted by molar-refractivity contribution is 14.0. The van der Waals surface area contributed by atoms with Gasteiger partial charge in [-0.2, -0.15) is 8.78 Å². The van der Waals surface area contributed by atoms with Gasteiger partial charge in [0.1, 0.15) is 5.75 Å². The van der Waals surface area contributed by atoms with E-state index in [1.807, 2.05) is 24.3 Å². The molecule has 0 saturated carbocycles. The number of nitrogens with one attached hydrogen (secondary N) is 2. The van der Waals surface area contributed by atoms with Crippen LogP contribution in [0, 0.1) is 0 Å². The highest BCUT2D eigenvalue weighted by atomic mass is 127. The molecular weight excluding hydrogens is 483 g/mol. The summed E-state index contributed by atoms with van der Waals surface area (Å²) >= 11 is 0. The summed E-state index contributed by atoms with van der Waals surface area (Å²) in [5.41, 5.74) is 1.73. The first-order valence-electron chi connectivity index (χ1n) is 8.25. The molecule has 0 amide bonds. The lowest BCUT2D eigenvalue weighted by atomic mass is 10.2. The number of ether oxygens (including phenoxy) is 3. The van der Waals surface area contributed by atoms with Crippen molar-refractivity contribution in [1.82, 2.24) is 10.6 Å². The molecule has 0 aliphatic heterocycles. The molecule has 154 valence electrons. The Balaban J connectivity index is 0.00000392. The number of alkyl halides is 2. The van der Waals surface area contributed by atoms with Gasteiger partial charge in [0.05, 0.1) is 14.2 Å². The quantitative estimate of drug-likeness (QED) is 0.324. The molecular formula is C19H24F2IN3O3. The zero-order chi connectivity index (χ0) is 19.6. The summed E-state index contributed by atoms with van der Waals surface area (Å²) in [6.45, 7) is -2.03. The van der Waals surface area contributed by atoms with Crippen molar-refractivity contribution in [3.63, 3.8) is 0 Å². The van der Waals surface area contributed by atoms with Crippen LogP contribution in [0.4, 0.5) is 8.78 Å². The second-order valence-corrected chi connectivity index (χ2v) is 5.45. The molecule has 0 spiro atoms. The molecule has 2 N–H and O–H groups in total. The average molecular weight is 507 g/mol. The molecule has 9 heteroatoms. The van der Waals surface area contributed by atoms with Crippen molar-refractivity contribution in [1.29, 1.82) is 0 Å². The first kappa shape index (κ1) is 23.7. The topological polar surface area (TPSA) is 64.1 Å². The maximum atomic E-state index is 12.5. The fourth-order valence-electron chi connectivity index (χ4n) is 2.45. The van der Waals surface area contributed by atoms with Gasteiger partial charge in [-0.3, -0.25) is 4.99 Å². The van der Waals surface area contributed by atoms with Gasteiger partial charge in [-0.25, -0.2) is 0 Å². The number of rotatable bonds is 8. The number of nitrogens with zero attached hydrogens (tertiary/aromatic N) is 1. The fourth-order valence-corrected chi connectivity index (χ4v) is 2.45. The summed E-state index contributed by atoms with van der Waals surface area (Å²) in [7, 11) is 4.67. The summed E-state index contributed by atoms with van der Waals surface area (Å²) < 4.78 is 39.9. The molecule has 0 heterocycles. The van der Waals surface area contributed by atoms with Crippen LogP contribution in [0.1, 0.15) is 11.1 Å². The number of halogens is 3. The molecule has 0 atom stereocenters. The van der Waals surface area contributed by atoms with E-state index in [0.717, 1.165) is 16.9 Å². The van der Waals surface area contributed by atoms with Gasteiger partial charge >= 0.3 is 6.61 Å². The summed E-state index contributed by atoms with van der Waals surface area (Å²) in [6, 6.07) is 12.5. The maximum absolute atomic E-state index is 12.5. The number of para-hydroxylation sites is 1. The second-order valence-electron chi connectivity index (χ2n) is 5.45. The van der Waals surface area contributed by atoms with Gasteiger partial charge in [-0.15, -0.1) is 24.0 Å². The first-order chi connectivity index (χ1) is 13.1. The smallest absolute Gasteiger partial charge is 0.387 e. The van der Waals surface area contributed by atoms with E-state index in [2.05, 4.69) is 20.4 Å². The van der Waals surface area contributed by atoms with Crippen LogP contribution in [-0.4, -0.2) is 33.8 Å². The predicted molar refractivity (Wildman–Crippen MR) is 115 cm³/mol. The molecule has 0 aromatic heterocycles. The molecule has 2 aromatic carbocycles. The van der Waals surface area contributed by atoms with E-state index >= 15 is 0 Å². The van der Waals surface area contributed by atoms with Gasteiger partial charge in [-0.1, -0.05) is 24.3 Å². The van der Waals surface area contributed by atoms with Crippen LogP contribution in [0.25, 0.3) is 0 Å². The lowest BCUT2D eigenvalue weighted by molar-refractivity contribution is -0.0512. The molecule has 0 radical (unpaired) electrons. The lowest BCUT2D eigenvalue weighted by Crippen LogP contribution is -2.36. The van der Waals surface area contributed by atoms with Crippen LogP contribution in [0.5, 0.6) is 17.2 Å². The van der Waals surface area contributed by atoms with E-state index in [4.69, 9.17) is 9.47 Å². The Morgan fingerprint density at radius 2 is 1.64 bits per heavy atom. The third kappa shape index (κ3) is 7.02. The van der Waals surface area contributed by atoms with Gasteiger partial charge in [0.15, 0.2) is 17.5 Å². The van der Waals surface area contributed by atoms with Gasteiger partial charge in [0.25, 0.3) is 0 Å². The third-order valence-corrected chi connectivity index (χ3v) is 3.77. The van der Waals surface area contributed by atoms with Crippen molar-refractivity contribution in [3.05, 3.63) is 53.6 Å². The highest BCUT2D eigenvalue weighted by Gasteiger charge is 2.11. The largest absolute Gasteiger partial charge is 0.496 e. The Labute approximate surface area is 180 Å². The molecule has 2 aromatic rings. The minimum absolute atomic E-state index is 0. The van der Waals surface area contributed by atoms with Crippen molar-refractivity contribution in [2.24, 2.45) is 4.99 Å². The molecule has 2 rings (SSSR count). The Morgan fingerprint density at radius 3 is 2.29 bits per heavy atom. The highest BCUT2D eigenvalue weighted by Crippen LogP contribution is 2.29. The van der Waals surface area contributed by atoms with Gasteiger partial charge in [0, 0.05) is 25.7 Å².